The van der Waals surface area contributed by atoms with E-state index in [4.69, 9.17) is 22.0 Å². The van der Waals surface area contributed by atoms with Crippen LogP contribution in [0.4, 0.5) is 0 Å². The van der Waals surface area contributed by atoms with Crippen LogP contribution in [-0.2, 0) is 0 Å². The second-order valence-corrected chi connectivity index (χ2v) is 3.49. The number of aromatic carboxylic acids is 1. The summed E-state index contributed by atoms with van der Waals surface area (Å²) in [6.07, 6.45) is 0. The van der Waals surface area contributed by atoms with Crippen molar-refractivity contribution in [3.8, 4) is 6.07 Å². The van der Waals surface area contributed by atoms with Gasteiger partial charge >= 0.3 is 5.97 Å². The minimum atomic E-state index is -1.08. The first kappa shape index (κ1) is 10.0. The molecule has 0 fully saturated rings. The fourth-order valence-electron chi connectivity index (χ4n) is 0.796. The number of rotatable bonds is 1. The average molecular weight is 260 g/mol. The first-order chi connectivity index (χ1) is 6.06. The molecule has 1 rings (SSSR count). The molecule has 0 saturated carbocycles. The van der Waals surface area contributed by atoms with E-state index in [0.29, 0.717) is 4.47 Å². The molecular formula is C8H3BrClNO2. The first-order valence-corrected chi connectivity index (χ1v) is 4.35. The van der Waals surface area contributed by atoms with E-state index in [1.807, 2.05) is 6.07 Å². The van der Waals surface area contributed by atoms with Crippen molar-refractivity contribution >= 4 is 33.5 Å². The van der Waals surface area contributed by atoms with E-state index in [1.54, 1.807) is 0 Å². The van der Waals surface area contributed by atoms with Gasteiger partial charge in [0.05, 0.1) is 16.1 Å². The molecule has 5 heteroatoms. The van der Waals surface area contributed by atoms with Crippen molar-refractivity contribution in [1.29, 1.82) is 5.26 Å². The molecule has 0 aliphatic rings. The van der Waals surface area contributed by atoms with Gasteiger partial charge in [0.1, 0.15) is 6.07 Å². The van der Waals surface area contributed by atoms with Crippen LogP contribution in [-0.4, -0.2) is 11.1 Å². The smallest absolute Gasteiger partial charge is 0.336 e. The van der Waals surface area contributed by atoms with Crippen molar-refractivity contribution in [2.45, 2.75) is 0 Å². The Hall–Kier alpha value is -1.05. The Morgan fingerprint density at radius 1 is 1.62 bits per heavy atom. The van der Waals surface area contributed by atoms with E-state index < -0.39 is 5.97 Å². The number of carbonyl (C=O) groups is 1. The molecule has 66 valence electrons. The Balaban J connectivity index is 3.39. The number of halogens is 2. The van der Waals surface area contributed by atoms with Gasteiger partial charge in [0.2, 0.25) is 0 Å². The van der Waals surface area contributed by atoms with Crippen LogP contribution in [0.3, 0.4) is 0 Å². The maximum atomic E-state index is 10.6. The standard InChI is InChI=1S/C8H3BrClNO2/c9-6-1-4(3-11)7(10)2-5(6)8(12)13/h1-2H,(H,12,13). The maximum Gasteiger partial charge on any atom is 0.336 e. The normalized spacial score (nSPS) is 9.31. The molecule has 1 aromatic carbocycles. The van der Waals surface area contributed by atoms with Crippen molar-refractivity contribution in [1.82, 2.24) is 0 Å². The number of benzene rings is 1. The van der Waals surface area contributed by atoms with Crippen LogP contribution in [0.2, 0.25) is 5.02 Å². The molecule has 0 heterocycles. The van der Waals surface area contributed by atoms with Crippen molar-refractivity contribution in [2.24, 2.45) is 0 Å². The van der Waals surface area contributed by atoms with Crippen LogP contribution in [0, 0.1) is 11.3 Å². The Morgan fingerprint density at radius 2 is 2.23 bits per heavy atom. The van der Waals surface area contributed by atoms with Crippen LogP contribution in [0.1, 0.15) is 15.9 Å². The van der Waals surface area contributed by atoms with Gasteiger partial charge in [-0.15, -0.1) is 0 Å². The molecule has 13 heavy (non-hydrogen) atoms. The van der Waals surface area contributed by atoms with Crippen LogP contribution < -0.4 is 0 Å². The molecule has 0 aromatic heterocycles. The Morgan fingerprint density at radius 3 is 2.69 bits per heavy atom. The summed E-state index contributed by atoms with van der Waals surface area (Å²) in [6, 6.07) is 4.47. The van der Waals surface area contributed by atoms with Gasteiger partial charge in [-0.25, -0.2) is 4.79 Å². The molecule has 0 bridgehead atoms. The van der Waals surface area contributed by atoms with Crippen LogP contribution >= 0.6 is 27.5 Å². The fraction of sp³-hybridized carbons (Fsp3) is 0. The first-order valence-electron chi connectivity index (χ1n) is 3.18. The second kappa shape index (κ2) is 3.77. The van der Waals surface area contributed by atoms with Gasteiger partial charge < -0.3 is 5.11 Å². The van der Waals surface area contributed by atoms with Gasteiger partial charge in [0.25, 0.3) is 0 Å². The molecule has 1 aromatic rings. The summed E-state index contributed by atoms with van der Waals surface area (Å²) in [5, 5.41) is 17.4. The SMILES string of the molecule is N#Cc1cc(Br)c(C(=O)O)cc1Cl. The number of nitriles is 1. The van der Waals surface area contributed by atoms with Gasteiger partial charge in [-0.3, -0.25) is 0 Å². The molecule has 0 aliphatic carbocycles. The highest BCUT2D eigenvalue weighted by Gasteiger charge is 2.11. The molecule has 1 N–H and O–H groups in total. The van der Waals surface area contributed by atoms with E-state index in [-0.39, 0.29) is 16.1 Å². The monoisotopic (exact) mass is 259 g/mol. The molecule has 0 saturated heterocycles. The van der Waals surface area contributed by atoms with Crippen LogP contribution in [0.25, 0.3) is 0 Å². The Bertz CT molecular complexity index is 411. The Labute approximate surface area is 87.7 Å². The lowest BCUT2D eigenvalue weighted by Crippen LogP contribution is -1.98. The average Bonchev–Trinajstić information content (AvgIpc) is 2.07. The van der Waals surface area contributed by atoms with Gasteiger partial charge in [0, 0.05) is 4.47 Å². The quantitative estimate of drug-likeness (QED) is 0.844. The number of hydrogen-bond donors (Lipinski definition) is 1. The summed E-state index contributed by atoms with van der Waals surface area (Å²) >= 11 is 8.67. The number of carboxylic acid groups (broad SMARTS) is 1. The second-order valence-electron chi connectivity index (χ2n) is 2.23. The summed E-state index contributed by atoms with van der Waals surface area (Å²) in [4.78, 5) is 10.6. The van der Waals surface area contributed by atoms with E-state index in [1.165, 1.54) is 12.1 Å². The third kappa shape index (κ3) is 2.00. The highest BCUT2D eigenvalue weighted by atomic mass is 79.9. The van der Waals surface area contributed by atoms with Gasteiger partial charge in [0.15, 0.2) is 0 Å². The predicted molar refractivity (Wildman–Crippen MR) is 50.8 cm³/mol. The van der Waals surface area contributed by atoms with Crippen LogP contribution in [0.15, 0.2) is 16.6 Å². The number of nitrogens with zero attached hydrogens (tertiary/aromatic N) is 1. The van der Waals surface area contributed by atoms with Gasteiger partial charge in [-0.2, -0.15) is 5.26 Å². The summed E-state index contributed by atoms with van der Waals surface area (Å²) in [5.74, 6) is -1.08. The predicted octanol–water partition coefficient (Wildman–Crippen LogP) is 2.67. The summed E-state index contributed by atoms with van der Waals surface area (Å²) < 4.78 is 0.348. The Kier molecular flexibility index (Phi) is 2.91. The highest BCUT2D eigenvalue weighted by Crippen LogP contribution is 2.25. The maximum absolute atomic E-state index is 10.6. The van der Waals surface area contributed by atoms with E-state index in [0.717, 1.165) is 0 Å². The lowest BCUT2D eigenvalue weighted by molar-refractivity contribution is 0.0696. The topological polar surface area (TPSA) is 61.1 Å². The molecule has 0 radical (unpaired) electrons. The minimum absolute atomic E-state index is 0.0454. The zero-order valence-electron chi connectivity index (χ0n) is 6.21. The number of carboxylic acids is 1. The lowest BCUT2D eigenvalue weighted by Gasteiger charge is -2.00. The number of hydrogen-bond acceptors (Lipinski definition) is 2. The molecule has 3 nitrogen and oxygen atoms in total. The van der Waals surface area contributed by atoms with E-state index >= 15 is 0 Å². The third-order valence-corrected chi connectivity index (χ3v) is 2.38. The molecule has 0 aliphatic heterocycles. The van der Waals surface area contributed by atoms with Gasteiger partial charge in [-0.1, -0.05) is 11.6 Å². The van der Waals surface area contributed by atoms with Crippen molar-refractivity contribution in [3.63, 3.8) is 0 Å². The van der Waals surface area contributed by atoms with E-state index in [9.17, 15) is 4.79 Å². The molecular weight excluding hydrogens is 257 g/mol. The lowest BCUT2D eigenvalue weighted by atomic mass is 10.1. The zero-order valence-corrected chi connectivity index (χ0v) is 8.56. The third-order valence-electron chi connectivity index (χ3n) is 1.41. The molecule has 0 amide bonds. The zero-order chi connectivity index (χ0) is 10.0. The van der Waals surface area contributed by atoms with E-state index in [2.05, 4.69) is 15.9 Å². The highest BCUT2D eigenvalue weighted by molar-refractivity contribution is 9.10. The summed E-state index contributed by atoms with van der Waals surface area (Å²) in [5.41, 5.74) is 0.294. The van der Waals surface area contributed by atoms with Crippen LogP contribution in [0.5, 0.6) is 0 Å². The van der Waals surface area contributed by atoms with Crippen molar-refractivity contribution in [3.05, 3.63) is 32.8 Å². The van der Waals surface area contributed by atoms with Crippen molar-refractivity contribution in [2.75, 3.05) is 0 Å². The largest absolute Gasteiger partial charge is 0.478 e. The summed E-state index contributed by atoms with van der Waals surface area (Å²) in [6.45, 7) is 0. The molecule has 0 atom stereocenters. The molecule has 0 unspecified atom stereocenters. The fourth-order valence-corrected chi connectivity index (χ4v) is 1.52. The summed E-state index contributed by atoms with van der Waals surface area (Å²) in [7, 11) is 0. The minimum Gasteiger partial charge on any atom is -0.478 e. The molecule has 0 spiro atoms. The van der Waals surface area contributed by atoms with Crippen molar-refractivity contribution < 1.29 is 9.90 Å². The van der Waals surface area contributed by atoms with Gasteiger partial charge in [-0.05, 0) is 28.1 Å².